The summed E-state index contributed by atoms with van der Waals surface area (Å²) in [4.78, 5) is 2.48. The second-order valence-electron chi connectivity index (χ2n) is 4.05. The Kier molecular flexibility index (Phi) is 3.37. The molecule has 62 valence electrons. The van der Waals surface area contributed by atoms with Crippen LogP contribution in [-0.2, 0) is 0 Å². The van der Waals surface area contributed by atoms with Crippen molar-refractivity contribution >= 4 is 0 Å². The molecular formula is C9H21N. The highest BCUT2D eigenvalue weighted by Gasteiger charge is 2.21. The molecule has 0 aliphatic heterocycles. The maximum atomic E-state index is 2.48. The zero-order valence-corrected chi connectivity index (χ0v) is 8.23. The summed E-state index contributed by atoms with van der Waals surface area (Å²) in [7, 11) is 0. The first kappa shape index (κ1) is 9.96. The van der Waals surface area contributed by atoms with Crippen LogP contribution in [0, 0.1) is 0 Å². The molecule has 0 saturated carbocycles. The van der Waals surface area contributed by atoms with Crippen LogP contribution in [0.15, 0.2) is 0 Å². The van der Waals surface area contributed by atoms with Crippen LogP contribution in [0.3, 0.4) is 0 Å². The van der Waals surface area contributed by atoms with Crippen molar-refractivity contribution in [2.75, 3.05) is 6.54 Å². The SMILES string of the molecule is CCN(C(C)C)C(C)(C)C. The van der Waals surface area contributed by atoms with Gasteiger partial charge in [0.05, 0.1) is 0 Å². The first-order valence-corrected chi connectivity index (χ1v) is 4.16. The van der Waals surface area contributed by atoms with Crippen LogP contribution >= 0.6 is 0 Å². The number of hydrogen-bond donors (Lipinski definition) is 0. The fraction of sp³-hybridized carbons (Fsp3) is 1.00. The Morgan fingerprint density at radius 2 is 1.60 bits per heavy atom. The molecule has 0 aliphatic carbocycles. The molecule has 0 unspecified atom stereocenters. The van der Waals surface area contributed by atoms with E-state index >= 15 is 0 Å². The Morgan fingerprint density at radius 1 is 1.20 bits per heavy atom. The van der Waals surface area contributed by atoms with Gasteiger partial charge in [0, 0.05) is 11.6 Å². The Hall–Kier alpha value is -0.0400. The molecule has 0 N–H and O–H groups in total. The van der Waals surface area contributed by atoms with Gasteiger partial charge in [0.2, 0.25) is 0 Å². The zero-order valence-electron chi connectivity index (χ0n) is 8.23. The van der Waals surface area contributed by atoms with Crippen LogP contribution < -0.4 is 0 Å². The van der Waals surface area contributed by atoms with Crippen molar-refractivity contribution in [2.24, 2.45) is 0 Å². The third-order valence-electron chi connectivity index (χ3n) is 1.83. The molecule has 1 heteroatoms. The van der Waals surface area contributed by atoms with Gasteiger partial charge in [-0.3, -0.25) is 4.90 Å². The number of rotatable bonds is 2. The molecule has 10 heavy (non-hydrogen) atoms. The summed E-state index contributed by atoms with van der Waals surface area (Å²) in [5.74, 6) is 0. The van der Waals surface area contributed by atoms with Gasteiger partial charge in [-0.2, -0.15) is 0 Å². The fourth-order valence-corrected chi connectivity index (χ4v) is 1.61. The summed E-state index contributed by atoms with van der Waals surface area (Å²) in [5, 5.41) is 0. The van der Waals surface area contributed by atoms with Crippen molar-refractivity contribution in [3.63, 3.8) is 0 Å². The maximum absolute atomic E-state index is 2.48. The quantitative estimate of drug-likeness (QED) is 0.574. The second kappa shape index (κ2) is 3.38. The molecule has 0 saturated heterocycles. The van der Waals surface area contributed by atoms with Crippen LogP contribution in [0.4, 0.5) is 0 Å². The summed E-state index contributed by atoms with van der Waals surface area (Å²) in [6.07, 6.45) is 0. The summed E-state index contributed by atoms with van der Waals surface area (Å²) >= 11 is 0. The first-order valence-electron chi connectivity index (χ1n) is 4.16. The summed E-state index contributed by atoms with van der Waals surface area (Å²) < 4.78 is 0. The smallest absolute Gasteiger partial charge is 0.0127 e. The predicted molar refractivity (Wildman–Crippen MR) is 47.3 cm³/mol. The average Bonchev–Trinajstić information content (AvgIpc) is 1.60. The van der Waals surface area contributed by atoms with Crippen LogP contribution in [0.25, 0.3) is 0 Å². The molecule has 1 nitrogen and oxygen atoms in total. The van der Waals surface area contributed by atoms with E-state index in [4.69, 9.17) is 0 Å². The fourth-order valence-electron chi connectivity index (χ4n) is 1.61. The topological polar surface area (TPSA) is 3.24 Å². The highest BCUT2D eigenvalue weighted by molar-refractivity contribution is 4.77. The van der Waals surface area contributed by atoms with Crippen molar-refractivity contribution in [3.05, 3.63) is 0 Å². The molecule has 0 radical (unpaired) electrons. The maximum Gasteiger partial charge on any atom is 0.0127 e. The number of hydrogen-bond acceptors (Lipinski definition) is 1. The van der Waals surface area contributed by atoms with Crippen molar-refractivity contribution in [2.45, 2.75) is 53.1 Å². The van der Waals surface area contributed by atoms with Crippen molar-refractivity contribution < 1.29 is 0 Å². The highest BCUT2D eigenvalue weighted by Crippen LogP contribution is 2.15. The van der Waals surface area contributed by atoms with Gasteiger partial charge >= 0.3 is 0 Å². The van der Waals surface area contributed by atoms with E-state index in [2.05, 4.69) is 46.4 Å². The molecular weight excluding hydrogens is 122 g/mol. The van der Waals surface area contributed by atoms with E-state index in [9.17, 15) is 0 Å². The third kappa shape index (κ3) is 2.70. The lowest BCUT2D eigenvalue weighted by Gasteiger charge is -2.38. The normalized spacial score (nSPS) is 13.2. The summed E-state index contributed by atoms with van der Waals surface area (Å²) in [6.45, 7) is 14.6. The van der Waals surface area contributed by atoms with E-state index in [-0.39, 0.29) is 0 Å². The van der Waals surface area contributed by atoms with E-state index in [0.717, 1.165) is 6.54 Å². The molecule has 0 aromatic carbocycles. The molecule has 0 aromatic rings. The van der Waals surface area contributed by atoms with Crippen LogP contribution in [-0.4, -0.2) is 23.0 Å². The van der Waals surface area contributed by atoms with Crippen molar-refractivity contribution in [1.29, 1.82) is 0 Å². The lowest BCUT2D eigenvalue weighted by atomic mass is 10.0. The summed E-state index contributed by atoms with van der Waals surface area (Å²) in [5.41, 5.74) is 0.322. The molecule has 0 atom stereocenters. The summed E-state index contributed by atoms with van der Waals surface area (Å²) in [6, 6.07) is 0.657. The Bertz CT molecular complexity index is 89.4. The number of nitrogens with zero attached hydrogens (tertiary/aromatic N) is 1. The minimum Gasteiger partial charge on any atom is -0.296 e. The van der Waals surface area contributed by atoms with E-state index in [1.165, 1.54) is 0 Å². The molecule has 0 amide bonds. The van der Waals surface area contributed by atoms with Gasteiger partial charge in [-0.05, 0) is 41.2 Å². The monoisotopic (exact) mass is 143 g/mol. The predicted octanol–water partition coefficient (Wildman–Crippen LogP) is 2.52. The largest absolute Gasteiger partial charge is 0.296 e. The van der Waals surface area contributed by atoms with Gasteiger partial charge in [-0.15, -0.1) is 0 Å². The zero-order chi connectivity index (χ0) is 8.36. The third-order valence-corrected chi connectivity index (χ3v) is 1.83. The molecule has 0 spiro atoms. The van der Waals surface area contributed by atoms with Crippen LogP contribution in [0.5, 0.6) is 0 Å². The van der Waals surface area contributed by atoms with E-state index in [0.29, 0.717) is 11.6 Å². The first-order chi connectivity index (χ1) is 4.39. The van der Waals surface area contributed by atoms with Gasteiger partial charge in [0.25, 0.3) is 0 Å². The van der Waals surface area contributed by atoms with Gasteiger partial charge < -0.3 is 0 Å². The minimum atomic E-state index is 0.322. The molecule has 0 aromatic heterocycles. The Morgan fingerprint density at radius 3 is 1.60 bits per heavy atom. The van der Waals surface area contributed by atoms with Crippen LogP contribution in [0.1, 0.15) is 41.5 Å². The van der Waals surface area contributed by atoms with Crippen molar-refractivity contribution in [3.8, 4) is 0 Å². The molecule has 0 heterocycles. The van der Waals surface area contributed by atoms with Gasteiger partial charge in [-0.25, -0.2) is 0 Å². The Labute approximate surface area is 65.4 Å². The molecule has 0 rings (SSSR count). The van der Waals surface area contributed by atoms with E-state index in [1.54, 1.807) is 0 Å². The van der Waals surface area contributed by atoms with Crippen LogP contribution in [0.2, 0.25) is 0 Å². The molecule has 0 aliphatic rings. The van der Waals surface area contributed by atoms with Gasteiger partial charge in [0.1, 0.15) is 0 Å². The Balaban J connectivity index is 4.07. The second-order valence-corrected chi connectivity index (χ2v) is 4.05. The minimum absolute atomic E-state index is 0.322. The van der Waals surface area contributed by atoms with E-state index in [1.807, 2.05) is 0 Å². The average molecular weight is 143 g/mol. The molecule has 0 bridgehead atoms. The van der Waals surface area contributed by atoms with Gasteiger partial charge in [-0.1, -0.05) is 6.92 Å². The lowest BCUT2D eigenvalue weighted by Crippen LogP contribution is -2.45. The van der Waals surface area contributed by atoms with Crippen molar-refractivity contribution in [1.82, 2.24) is 4.90 Å². The highest BCUT2D eigenvalue weighted by atomic mass is 15.2. The lowest BCUT2D eigenvalue weighted by molar-refractivity contribution is 0.107. The van der Waals surface area contributed by atoms with Gasteiger partial charge in [0.15, 0.2) is 0 Å². The standard InChI is InChI=1S/C9H21N/c1-7-10(8(2)3)9(4,5)6/h8H,7H2,1-6H3. The van der Waals surface area contributed by atoms with E-state index < -0.39 is 0 Å². The molecule has 0 fully saturated rings.